The molecule has 2 aromatic heterocycles. The van der Waals surface area contributed by atoms with E-state index in [9.17, 15) is 0 Å². The lowest BCUT2D eigenvalue weighted by Gasteiger charge is -2.28. The summed E-state index contributed by atoms with van der Waals surface area (Å²) in [5.74, 6) is 0.598. The van der Waals surface area contributed by atoms with E-state index in [2.05, 4.69) is 169 Å². The zero-order valence-electron chi connectivity index (χ0n) is 30.8. The van der Waals surface area contributed by atoms with Gasteiger partial charge >= 0.3 is 0 Å². The van der Waals surface area contributed by atoms with Crippen LogP contribution in [0.1, 0.15) is 0 Å². The number of fused-ring (bicyclic) bond motifs is 6. The normalized spacial score (nSPS) is 11.5. The first-order valence-corrected chi connectivity index (χ1v) is 19.2. The summed E-state index contributed by atoms with van der Waals surface area (Å²) in [5.41, 5.74) is 14.0. The second-order valence-corrected chi connectivity index (χ2v) is 14.3. The van der Waals surface area contributed by atoms with Gasteiger partial charge in [-0.25, -0.2) is 4.98 Å². The van der Waals surface area contributed by atoms with Crippen LogP contribution in [0.5, 0.6) is 0 Å². The van der Waals surface area contributed by atoms with Crippen molar-refractivity contribution in [3.8, 4) is 44.8 Å². The fourth-order valence-corrected chi connectivity index (χ4v) is 8.12. The average Bonchev–Trinajstić information content (AvgIpc) is 3.90. The molecule has 4 nitrogen and oxygen atoms in total. The summed E-state index contributed by atoms with van der Waals surface area (Å²) in [6, 6.07) is 72.4. The maximum absolute atomic E-state index is 6.62. The van der Waals surface area contributed by atoms with Crippen LogP contribution in [0.3, 0.4) is 0 Å². The second-order valence-electron chi connectivity index (χ2n) is 14.3. The van der Waals surface area contributed by atoms with Gasteiger partial charge in [0.2, 0.25) is 5.89 Å². The maximum atomic E-state index is 6.62. The first-order chi connectivity index (χ1) is 28.2. The number of rotatable bonds is 7. The van der Waals surface area contributed by atoms with Gasteiger partial charge in [-0.05, 0) is 93.7 Å². The third-order valence-corrected chi connectivity index (χ3v) is 10.9. The molecule has 0 amide bonds. The number of nitrogens with zero attached hydrogens (tertiary/aromatic N) is 2. The number of hydrogen-bond acceptors (Lipinski definition) is 4. The van der Waals surface area contributed by atoms with Crippen molar-refractivity contribution in [2.24, 2.45) is 0 Å². The van der Waals surface area contributed by atoms with Crippen molar-refractivity contribution in [3.05, 3.63) is 206 Å². The van der Waals surface area contributed by atoms with Gasteiger partial charge in [0.1, 0.15) is 16.7 Å². The molecule has 0 bridgehead atoms. The van der Waals surface area contributed by atoms with Crippen molar-refractivity contribution in [1.82, 2.24) is 4.98 Å². The van der Waals surface area contributed by atoms with Crippen molar-refractivity contribution < 1.29 is 8.83 Å². The van der Waals surface area contributed by atoms with Crippen molar-refractivity contribution in [2.45, 2.75) is 0 Å². The molecule has 4 heteroatoms. The molecule has 0 saturated heterocycles. The number of aromatic nitrogens is 1. The SMILES string of the molecule is c1ccc(-c2ccc(N(c3ccc(-c4cccc5c4oc4ccc6nc(-c7ccccc7)oc6c45)cc3)c3ccccc3-c3ccc4ccccc4c3)cc2)cc1. The van der Waals surface area contributed by atoms with Gasteiger partial charge in [0.15, 0.2) is 5.58 Å². The molecule has 57 heavy (non-hydrogen) atoms. The van der Waals surface area contributed by atoms with E-state index in [0.717, 1.165) is 72.4 Å². The monoisotopic (exact) mass is 730 g/mol. The molecular formula is C53H34N2O2. The lowest BCUT2D eigenvalue weighted by Crippen LogP contribution is -2.11. The van der Waals surface area contributed by atoms with Gasteiger partial charge in [-0.15, -0.1) is 0 Å². The highest BCUT2D eigenvalue weighted by atomic mass is 16.4. The molecule has 0 aliphatic carbocycles. The van der Waals surface area contributed by atoms with Crippen molar-refractivity contribution >= 4 is 60.9 Å². The van der Waals surface area contributed by atoms with Crippen LogP contribution < -0.4 is 4.90 Å². The van der Waals surface area contributed by atoms with Gasteiger partial charge in [0, 0.05) is 33.5 Å². The fraction of sp³-hybridized carbons (Fsp3) is 0. The molecule has 0 N–H and O–H groups in total. The molecule has 11 rings (SSSR count). The van der Waals surface area contributed by atoms with E-state index >= 15 is 0 Å². The molecule has 0 aliphatic rings. The Kier molecular flexibility index (Phi) is 7.78. The van der Waals surface area contributed by atoms with E-state index in [1.807, 2.05) is 42.5 Å². The number of furan rings is 1. The first-order valence-electron chi connectivity index (χ1n) is 19.2. The number of oxazole rings is 1. The predicted octanol–water partition coefficient (Wildman–Crippen LogP) is 15.0. The Morgan fingerprint density at radius 1 is 0.386 bits per heavy atom. The molecule has 0 aliphatic heterocycles. The zero-order valence-corrected chi connectivity index (χ0v) is 30.8. The molecule has 0 spiro atoms. The van der Waals surface area contributed by atoms with Crippen LogP contribution in [0.2, 0.25) is 0 Å². The predicted molar refractivity (Wildman–Crippen MR) is 235 cm³/mol. The van der Waals surface area contributed by atoms with E-state index in [4.69, 9.17) is 13.8 Å². The van der Waals surface area contributed by atoms with Crippen molar-refractivity contribution in [1.29, 1.82) is 0 Å². The van der Waals surface area contributed by atoms with Crippen molar-refractivity contribution in [3.63, 3.8) is 0 Å². The van der Waals surface area contributed by atoms with E-state index in [1.165, 1.54) is 27.5 Å². The van der Waals surface area contributed by atoms with Crippen LogP contribution in [0.4, 0.5) is 17.1 Å². The van der Waals surface area contributed by atoms with Crippen LogP contribution in [0.15, 0.2) is 215 Å². The Morgan fingerprint density at radius 2 is 1.00 bits per heavy atom. The number of benzene rings is 9. The zero-order chi connectivity index (χ0) is 37.7. The Morgan fingerprint density at radius 3 is 1.77 bits per heavy atom. The quantitative estimate of drug-likeness (QED) is 0.164. The molecule has 0 radical (unpaired) electrons. The summed E-state index contributed by atoms with van der Waals surface area (Å²) in [7, 11) is 0. The van der Waals surface area contributed by atoms with Crippen LogP contribution in [-0.4, -0.2) is 4.98 Å². The summed E-state index contributed by atoms with van der Waals surface area (Å²) < 4.78 is 13.0. The Labute approximate surface area is 329 Å². The van der Waals surface area contributed by atoms with Gasteiger partial charge in [0.05, 0.1) is 11.1 Å². The van der Waals surface area contributed by atoms with E-state index < -0.39 is 0 Å². The molecule has 2 heterocycles. The van der Waals surface area contributed by atoms with Crippen LogP contribution in [0, 0.1) is 0 Å². The van der Waals surface area contributed by atoms with Gasteiger partial charge in [-0.1, -0.05) is 146 Å². The summed E-state index contributed by atoms with van der Waals surface area (Å²) in [4.78, 5) is 7.18. The van der Waals surface area contributed by atoms with Crippen molar-refractivity contribution in [2.75, 3.05) is 4.90 Å². The van der Waals surface area contributed by atoms with Gasteiger partial charge in [-0.3, -0.25) is 0 Å². The molecule has 11 aromatic rings. The second kappa shape index (κ2) is 13.6. The molecule has 0 fully saturated rings. The minimum atomic E-state index is 0.598. The van der Waals surface area contributed by atoms with Crippen LogP contribution >= 0.6 is 0 Å². The minimum absolute atomic E-state index is 0.598. The van der Waals surface area contributed by atoms with E-state index in [0.29, 0.717) is 5.89 Å². The van der Waals surface area contributed by atoms with Crippen LogP contribution in [-0.2, 0) is 0 Å². The molecule has 0 atom stereocenters. The molecule has 268 valence electrons. The molecule has 0 unspecified atom stereocenters. The van der Waals surface area contributed by atoms with Gasteiger partial charge < -0.3 is 13.7 Å². The number of anilines is 3. The molecule has 0 saturated carbocycles. The lowest BCUT2D eigenvalue weighted by molar-refractivity contribution is 0.622. The largest absolute Gasteiger partial charge is 0.455 e. The molecular weight excluding hydrogens is 697 g/mol. The fourth-order valence-electron chi connectivity index (χ4n) is 8.12. The van der Waals surface area contributed by atoms with Crippen LogP contribution in [0.25, 0.3) is 88.6 Å². The summed E-state index contributed by atoms with van der Waals surface area (Å²) in [6.07, 6.45) is 0. The first kappa shape index (κ1) is 32.7. The van der Waals surface area contributed by atoms with Gasteiger partial charge in [-0.2, -0.15) is 0 Å². The smallest absolute Gasteiger partial charge is 0.227 e. The Bertz CT molecular complexity index is 3220. The highest BCUT2D eigenvalue weighted by Gasteiger charge is 2.21. The third-order valence-electron chi connectivity index (χ3n) is 10.9. The topological polar surface area (TPSA) is 42.4 Å². The third kappa shape index (κ3) is 5.74. The lowest BCUT2D eigenvalue weighted by atomic mass is 9.98. The Balaban J connectivity index is 1.03. The number of hydrogen-bond donors (Lipinski definition) is 0. The maximum Gasteiger partial charge on any atom is 0.227 e. The van der Waals surface area contributed by atoms with E-state index in [1.54, 1.807) is 0 Å². The molecule has 9 aromatic carbocycles. The number of para-hydroxylation sites is 2. The highest BCUT2D eigenvalue weighted by Crippen LogP contribution is 2.44. The average molecular weight is 731 g/mol. The minimum Gasteiger partial charge on any atom is -0.455 e. The van der Waals surface area contributed by atoms with Gasteiger partial charge in [0.25, 0.3) is 0 Å². The summed E-state index contributed by atoms with van der Waals surface area (Å²) in [6.45, 7) is 0. The summed E-state index contributed by atoms with van der Waals surface area (Å²) in [5, 5.41) is 4.38. The summed E-state index contributed by atoms with van der Waals surface area (Å²) >= 11 is 0. The van der Waals surface area contributed by atoms with E-state index in [-0.39, 0.29) is 0 Å². The Hall–Kier alpha value is -7.69. The highest BCUT2D eigenvalue weighted by molar-refractivity contribution is 6.18. The standard InChI is InChI=1S/C53H34N2O2/c1-3-12-35(13-4-1)37-24-28-42(29-25-37)55(48-21-10-9-18-44(48)41-23-22-36-14-7-8-17-40(36)34-41)43-30-26-38(27-31-43)45-19-11-20-46-50-49(56-51(45)46)33-32-47-52(50)57-53(54-47)39-15-5-2-6-16-39/h1-34H.